The summed E-state index contributed by atoms with van der Waals surface area (Å²) in [6.45, 7) is 1.96. The Hall–Kier alpha value is -2.30. The number of nitrogens with one attached hydrogen (secondary N) is 1. The molecule has 0 bridgehead atoms. The Balaban J connectivity index is 2.56. The van der Waals surface area contributed by atoms with Gasteiger partial charge in [-0.3, -0.25) is 0 Å². The summed E-state index contributed by atoms with van der Waals surface area (Å²) in [4.78, 5) is 8.84. The van der Waals surface area contributed by atoms with E-state index in [0.29, 0.717) is 11.6 Å². The van der Waals surface area contributed by atoms with Crippen LogP contribution in [0, 0.1) is 6.92 Å². The van der Waals surface area contributed by atoms with Crippen molar-refractivity contribution in [2.75, 3.05) is 26.6 Å². The van der Waals surface area contributed by atoms with Crippen LogP contribution in [0.15, 0.2) is 24.4 Å². The van der Waals surface area contributed by atoms with Gasteiger partial charge < -0.3 is 14.8 Å². The molecule has 0 unspecified atom stereocenters. The van der Waals surface area contributed by atoms with E-state index < -0.39 is 0 Å². The molecule has 0 amide bonds. The maximum Gasteiger partial charge on any atom is 0.165 e. The first-order valence-corrected chi connectivity index (χ1v) is 5.93. The number of aromatic nitrogens is 2. The molecule has 0 aliphatic heterocycles. The summed E-state index contributed by atoms with van der Waals surface area (Å²) < 4.78 is 10.6. The molecular formula is C14H17N3O2. The summed E-state index contributed by atoms with van der Waals surface area (Å²) in [5.41, 5.74) is 1.80. The molecule has 0 aliphatic rings. The first kappa shape index (κ1) is 13.1. The molecule has 5 nitrogen and oxygen atoms in total. The number of hydrogen-bond donors (Lipinski definition) is 1. The van der Waals surface area contributed by atoms with E-state index in [1.807, 2.05) is 32.2 Å². The van der Waals surface area contributed by atoms with E-state index in [1.165, 1.54) is 0 Å². The van der Waals surface area contributed by atoms with Gasteiger partial charge in [-0.2, -0.15) is 0 Å². The van der Waals surface area contributed by atoms with Crippen LogP contribution < -0.4 is 14.8 Å². The summed E-state index contributed by atoms with van der Waals surface area (Å²) in [7, 11) is 5.08. The molecule has 5 heteroatoms. The average Bonchev–Trinajstić information content (AvgIpc) is 2.47. The number of hydrogen-bond acceptors (Lipinski definition) is 5. The van der Waals surface area contributed by atoms with E-state index >= 15 is 0 Å². The second kappa shape index (κ2) is 5.56. The van der Waals surface area contributed by atoms with Crippen molar-refractivity contribution in [1.82, 2.24) is 9.97 Å². The molecule has 0 fully saturated rings. The number of ether oxygens (including phenoxy) is 2. The fourth-order valence-corrected chi connectivity index (χ4v) is 1.81. The van der Waals surface area contributed by atoms with E-state index in [2.05, 4.69) is 15.3 Å². The van der Waals surface area contributed by atoms with Gasteiger partial charge in [-0.05, 0) is 25.1 Å². The standard InChI is InChI=1S/C14H17N3O2/c1-9-8-16-14(17-13(9)15-2)11-7-10(18-3)5-6-12(11)19-4/h5-8H,1-4H3,(H,15,16,17). The Morgan fingerprint density at radius 2 is 1.95 bits per heavy atom. The summed E-state index contributed by atoms with van der Waals surface area (Å²) in [5, 5.41) is 3.05. The maximum absolute atomic E-state index is 5.35. The third kappa shape index (κ3) is 2.59. The Kier molecular flexibility index (Phi) is 3.85. The molecule has 0 radical (unpaired) electrons. The second-order valence-electron chi connectivity index (χ2n) is 4.04. The van der Waals surface area contributed by atoms with Crippen LogP contribution in [0.2, 0.25) is 0 Å². The van der Waals surface area contributed by atoms with Crippen molar-refractivity contribution in [3.05, 3.63) is 30.0 Å². The highest BCUT2D eigenvalue weighted by molar-refractivity contribution is 5.67. The van der Waals surface area contributed by atoms with Gasteiger partial charge in [-0.15, -0.1) is 0 Å². The van der Waals surface area contributed by atoms with Crippen molar-refractivity contribution in [3.8, 4) is 22.9 Å². The van der Waals surface area contributed by atoms with Gasteiger partial charge in [0.2, 0.25) is 0 Å². The largest absolute Gasteiger partial charge is 0.497 e. The number of benzene rings is 1. The number of anilines is 1. The van der Waals surface area contributed by atoms with Crippen molar-refractivity contribution < 1.29 is 9.47 Å². The maximum atomic E-state index is 5.35. The van der Waals surface area contributed by atoms with Crippen LogP contribution in [0.4, 0.5) is 5.82 Å². The quantitative estimate of drug-likeness (QED) is 0.914. The number of aryl methyl sites for hydroxylation is 1. The number of rotatable bonds is 4. The van der Waals surface area contributed by atoms with Gasteiger partial charge in [0.1, 0.15) is 17.3 Å². The lowest BCUT2D eigenvalue weighted by molar-refractivity contribution is 0.404. The molecule has 0 atom stereocenters. The van der Waals surface area contributed by atoms with Gasteiger partial charge in [0.25, 0.3) is 0 Å². The smallest absolute Gasteiger partial charge is 0.165 e. The van der Waals surface area contributed by atoms with Crippen LogP contribution in [0.25, 0.3) is 11.4 Å². The molecule has 0 saturated heterocycles. The fraction of sp³-hybridized carbons (Fsp3) is 0.286. The highest BCUT2D eigenvalue weighted by Gasteiger charge is 2.12. The van der Waals surface area contributed by atoms with Crippen molar-refractivity contribution >= 4 is 5.82 Å². The molecule has 100 valence electrons. The van der Waals surface area contributed by atoms with Crippen LogP contribution in [0.1, 0.15) is 5.56 Å². The zero-order chi connectivity index (χ0) is 13.8. The highest BCUT2D eigenvalue weighted by atomic mass is 16.5. The van der Waals surface area contributed by atoms with E-state index in [1.54, 1.807) is 20.4 Å². The molecule has 1 heterocycles. The fourth-order valence-electron chi connectivity index (χ4n) is 1.81. The van der Waals surface area contributed by atoms with Gasteiger partial charge in [-0.25, -0.2) is 9.97 Å². The van der Waals surface area contributed by atoms with Crippen molar-refractivity contribution in [3.63, 3.8) is 0 Å². The molecule has 19 heavy (non-hydrogen) atoms. The molecule has 1 aromatic heterocycles. The molecule has 1 aromatic carbocycles. The molecule has 2 rings (SSSR count). The molecule has 0 saturated carbocycles. The third-order valence-electron chi connectivity index (χ3n) is 2.86. The first-order valence-electron chi connectivity index (χ1n) is 5.93. The van der Waals surface area contributed by atoms with Crippen molar-refractivity contribution in [2.24, 2.45) is 0 Å². The Morgan fingerprint density at radius 1 is 1.16 bits per heavy atom. The summed E-state index contributed by atoms with van der Waals surface area (Å²) in [6, 6.07) is 5.55. The monoisotopic (exact) mass is 259 g/mol. The summed E-state index contributed by atoms with van der Waals surface area (Å²) in [5.74, 6) is 2.86. The predicted molar refractivity (Wildman–Crippen MR) is 74.9 cm³/mol. The van der Waals surface area contributed by atoms with Crippen LogP contribution in [0.5, 0.6) is 11.5 Å². The van der Waals surface area contributed by atoms with Gasteiger partial charge >= 0.3 is 0 Å². The van der Waals surface area contributed by atoms with Gasteiger partial charge in [0, 0.05) is 18.8 Å². The lowest BCUT2D eigenvalue weighted by Crippen LogP contribution is -2.00. The van der Waals surface area contributed by atoms with E-state index in [0.717, 1.165) is 22.7 Å². The molecule has 0 spiro atoms. The predicted octanol–water partition coefficient (Wildman–Crippen LogP) is 2.51. The molecular weight excluding hydrogens is 242 g/mol. The topological polar surface area (TPSA) is 56.3 Å². The molecule has 2 aromatic rings. The van der Waals surface area contributed by atoms with E-state index in [-0.39, 0.29) is 0 Å². The van der Waals surface area contributed by atoms with Crippen molar-refractivity contribution in [2.45, 2.75) is 6.92 Å². The van der Waals surface area contributed by atoms with E-state index in [4.69, 9.17) is 9.47 Å². The first-order chi connectivity index (χ1) is 9.19. The summed E-state index contributed by atoms with van der Waals surface area (Å²) in [6.07, 6.45) is 1.78. The van der Waals surface area contributed by atoms with Gasteiger partial charge in [0.15, 0.2) is 5.82 Å². The van der Waals surface area contributed by atoms with Gasteiger partial charge in [0.05, 0.1) is 19.8 Å². The van der Waals surface area contributed by atoms with Crippen molar-refractivity contribution in [1.29, 1.82) is 0 Å². The van der Waals surface area contributed by atoms with Crippen LogP contribution in [0.3, 0.4) is 0 Å². The normalized spacial score (nSPS) is 10.1. The highest BCUT2D eigenvalue weighted by Crippen LogP contribution is 2.31. The molecule has 0 aliphatic carbocycles. The minimum Gasteiger partial charge on any atom is -0.497 e. The second-order valence-corrected chi connectivity index (χ2v) is 4.04. The SMILES string of the molecule is CNc1nc(-c2cc(OC)ccc2OC)ncc1C. The molecule has 1 N–H and O–H groups in total. The number of nitrogens with zero attached hydrogens (tertiary/aromatic N) is 2. The Labute approximate surface area is 112 Å². The zero-order valence-corrected chi connectivity index (χ0v) is 11.5. The minimum atomic E-state index is 0.602. The van der Waals surface area contributed by atoms with E-state index in [9.17, 15) is 0 Å². The third-order valence-corrected chi connectivity index (χ3v) is 2.86. The van der Waals surface area contributed by atoms with Crippen LogP contribution in [-0.4, -0.2) is 31.2 Å². The Bertz CT molecular complexity index is 585. The lowest BCUT2D eigenvalue weighted by Gasteiger charge is -2.11. The number of methoxy groups -OCH3 is 2. The van der Waals surface area contributed by atoms with Gasteiger partial charge in [-0.1, -0.05) is 0 Å². The minimum absolute atomic E-state index is 0.602. The van der Waals surface area contributed by atoms with Crippen LogP contribution >= 0.6 is 0 Å². The lowest BCUT2D eigenvalue weighted by atomic mass is 10.1. The van der Waals surface area contributed by atoms with Crippen LogP contribution in [-0.2, 0) is 0 Å². The Morgan fingerprint density at radius 3 is 2.58 bits per heavy atom. The average molecular weight is 259 g/mol. The summed E-state index contributed by atoms with van der Waals surface area (Å²) >= 11 is 0. The zero-order valence-electron chi connectivity index (χ0n) is 11.5.